The maximum absolute atomic E-state index is 12.4. The van der Waals surface area contributed by atoms with Gasteiger partial charge in [-0.05, 0) is 45.8 Å². The number of carbonyl (C=O) groups is 1. The Hall–Kier alpha value is -1.82. The second-order valence-corrected chi connectivity index (χ2v) is 6.74. The molecule has 0 aliphatic carbocycles. The second kappa shape index (κ2) is 7.38. The molecule has 1 amide bonds. The Morgan fingerprint density at radius 3 is 2.71 bits per heavy atom. The molecule has 24 heavy (non-hydrogen) atoms. The number of carbonyl (C=O) groups excluding carboxylic acids is 1. The lowest BCUT2D eigenvalue weighted by molar-refractivity contribution is 0.102. The van der Waals surface area contributed by atoms with E-state index in [0.29, 0.717) is 28.0 Å². The van der Waals surface area contributed by atoms with Crippen LogP contribution < -0.4 is 5.32 Å². The average Bonchev–Trinajstić information content (AvgIpc) is 2.97. The van der Waals surface area contributed by atoms with Crippen LogP contribution in [0.25, 0.3) is 0 Å². The Balaban J connectivity index is 1.81. The highest BCUT2D eigenvalue weighted by molar-refractivity contribution is 9.10. The zero-order valence-electron chi connectivity index (χ0n) is 12.3. The van der Waals surface area contributed by atoms with E-state index in [1.807, 2.05) is 24.3 Å². The zero-order chi connectivity index (χ0) is 17.1. The van der Waals surface area contributed by atoms with Crippen LogP contribution in [0.3, 0.4) is 0 Å². The lowest BCUT2D eigenvalue weighted by Crippen LogP contribution is -2.16. The van der Waals surface area contributed by atoms with Crippen LogP contribution in [0.1, 0.15) is 15.9 Å². The second-order valence-electron chi connectivity index (χ2n) is 5.04. The van der Waals surface area contributed by atoms with Gasteiger partial charge in [0, 0.05) is 20.6 Å². The summed E-state index contributed by atoms with van der Waals surface area (Å²) in [5, 5.41) is 8.24. The van der Waals surface area contributed by atoms with Gasteiger partial charge >= 0.3 is 0 Å². The van der Waals surface area contributed by atoms with Crippen molar-refractivity contribution in [3.63, 3.8) is 0 Å². The molecule has 0 radical (unpaired) electrons. The number of aromatic nitrogens is 2. The summed E-state index contributed by atoms with van der Waals surface area (Å²) < 4.78 is 2.40. The first kappa shape index (κ1) is 17.0. The van der Waals surface area contributed by atoms with Gasteiger partial charge in [-0.15, -0.1) is 0 Å². The number of hydrogen-bond donors (Lipinski definition) is 1. The molecule has 0 saturated carbocycles. The van der Waals surface area contributed by atoms with Crippen molar-refractivity contribution in [1.29, 1.82) is 0 Å². The quantitative estimate of drug-likeness (QED) is 0.621. The summed E-state index contributed by atoms with van der Waals surface area (Å²) in [4.78, 5) is 12.4. The molecule has 0 atom stereocenters. The Bertz CT molecular complexity index is 895. The predicted octanol–water partition coefficient (Wildman–Crippen LogP) is 5.25. The van der Waals surface area contributed by atoms with E-state index >= 15 is 0 Å². The first-order valence-corrected chi connectivity index (χ1v) is 8.61. The SMILES string of the molecule is O=C(Nc1ccnn1Cc1ccc(Cl)cc1Cl)c1ccccc1Br. The first-order chi connectivity index (χ1) is 11.5. The topological polar surface area (TPSA) is 46.9 Å². The smallest absolute Gasteiger partial charge is 0.257 e. The van der Waals surface area contributed by atoms with Crippen LogP contribution in [0.2, 0.25) is 10.0 Å². The Kier molecular flexibility index (Phi) is 5.23. The van der Waals surface area contributed by atoms with Crippen molar-refractivity contribution in [2.24, 2.45) is 0 Å². The van der Waals surface area contributed by atoms with Crippen LogP contribution in [-0.4, -0.2) is 15.7 Å². The normalized spacial score (nSPS) is 10.6. The fraction of sp³-hybridized carbons (Fsp3) is 0.0588. The molecule has 3 aromatic rings. The van der Waals surface area contributed by atoms with Gasteiger partial charge in [0.25, 0.3) is 5.91 Å². The molecule has 0 saturated heterocycles. The molecule has 0 unspecified atom stereocenters. The van der Waals surface area contributed by atoms with Crippen molar-refractivity contribution in [2.75, 3.05) is 5.32 Å². The molecule has 122 valence electrons. The minimum Gasteiger partial charge on any atom is -0.307 e. The highest BCUT2D eigenvalue weighted by Gasteiger charge is 2.13. The predicted molar refractivity (Wildman–Crippen MR) is 99.9 cm³/mol. The van der Waals surface area contributed by atoms with Crippen LogP contribution in [0.5, 0.6) is 0 Å². The van der Waals surface area contributed by atoms with E-state index in [4.69, 9.17) is 23.2 Å². The number of rotatable bonds is 4. The molecule has 0 spiro atoms. The van der Waals surface area contributed by atoms with Gasteiger partial charge in [0.05, 0.1) is 18.3 Å². The van der Waals surface area contributed by atoms with E-state index in [-0.39, 0.29) is 5.91 Å². The monoisotopic (exact) mass is 423 g/mol. The molecule has 2 aromatic carbocycles. The molecular weight excluding hydrogens is 413 g/mol. The molecule has 1 heterocycles. The van der Waals surface area contributed by atoms with E-state index in [2.05, 4.69) is 26.3 Å². The van der Waals surface area contributed by atoms with E-state index in [0.717, 1.165) is 10.0 Å². The Morgan fingerprint density at radius 2 is 1.96 bits per heavy atom. The van der Waals surface area contributed by atoms with Gasteiger partial charge in [-0.2, -0.15) is 5.10 Å². The van der Waals surface area contributed by atoms with Crippen molar-refractivity contribution >= 4 is 50.9 Å². The molecule has 0 aliphatic rings. The Morgan fingerprint density at radius 1 is 1.17 bits per heavy atom. The van der Waals surface area contributed by atoms with Gasteiger partial charge in [-0.3, -0.25) is 4.79 Å². The third-order valence-corrected chi connectivity index (χ3v) is 4.69. The molecule has 1 aromatic heterocycles. The molecule has 0 aliphatic heterocycles. The van der Waals surface area contributed by atoms with Gasteiger partial charge in [-0.1, -0.05) is 41.4 Å². The summed E-state index contributed by atoms with van der Waals surface area (Å²) in [6, 6.07) is 14.3. The summed E-state index contributed by atoms with van der Waals surface area (Å²) in [6.45, 7) is 0.425. The number of halogens is 3. The van der Waals surface area contributed by atoms with Crippen LogP contribution >= 0.6 is 39.1 Å². The number of hydrogen-bond acceptors (Lipinski definition) is 2. The fourth-order valence-corrected chi connectivity index (χ4v) is 3.14. The van der Waals surface area contributed by atoms with Gasteiger partial charge < -0.3 is 5.32 Å². The molecule has 0 bridgehead atoms. The first-order valence-electron chi connectivity index (χ1n) is 7.06. The number of nitrogens with one attached hydrogen (secondary N) is 1. The molecule has 7 heteroatoms. The number of amides is 1. The average molecular weight is 425 g/mol. The molecule has 4 nitrogen and oxygen atoms in total. The third-order valence-electron chi connectivity index (χ3n) is 3.41. The minimum atomic E-state index is -0.216. The summed E-state index contributed by atoms with van der Waals surface area (Å²) in [5.74, 6) is 0.369. The summed E-state index contributed by atoms with van der Waals surface area (Å²) in [6.07, 6.45) is 1.62. The highest BCUT2D eigenvalue weighted by atomic mass is 79.9. The molecule has 3 rings (SSSR count). The molecular formula is C17H12BrCl2N3O. The largest absolute Gasteiger partial charge is 0.307 e. The lowest BCUT2D eigenvalue weighted by Gasteiger charge is -2.11. The van der Waals surface area contributed by atoms with Gasteiger partial charge in [0.15, 0.2) is 0 Å². The van der Waals surface area contributed by atoms with E-state index < -0.39 is 0 Å². The summed E-state index contributed by atoms with van der Waals surface area (Å²) in [5.41, 5.74) is 1.41. The van der Waals surface area contributed by atoms with E-state index in [1.165, 1.54) is 0 Å². The minimum absolute atomic E-state index is 0.216. The molecule has 1 N–H and O–H groups in total. The van der Waals surface area contributed by atoms with E-state index in [1.54, 1.807) is 35.1 Å². The van der Waals surface area contributed by atoms with Crippen molar-refractivity contribution < 1.29 is 4.79 Å². The van der Waals surface area contributed by atoms with Gasteiger partial charge in [-0.25, -0.2) is 4.68 Å². The number of nitrogens with zero attached hydrogens (tertiary/aromatic N) is 2. The highest BCUT2D eigenvalue weighted by Crippen LogP contribution is 2.23. The molecule has 0 fully saturated rings. The van der Waals surface area contributed by atoms with Gasteiger partial charge in [0.1, 0.15) is 5.82 Å². The maximum atomic E-state index is 12.4. The Labute approximate surface area is 157 Å². The third kappa shape index (κ3) is 3.80. The van der Waals surface area contributed by atoms with Crippen LogP contribution in [-0.2, 0) is 6.54 Å². The number of anilines is 1. The fourth-order valence-electron chi connectivity index (χ4n) is 2.21. The van der Waals surface area contributed by atoms with Crippen molar-refractivity contribution in [1.82, 2.24) is 9.78 Å². The van der Waals surface area contributed by atoms with Crippen LogP contribution in [0, 0.1) is 0 Å². The number of benzene rings is 2. The maximum Gasteiger partial charge on any atom is 0.257 e. The standard InChI is InChI=1S/C17H12BrCl2N3O/c18-14-4-2-1-3-13(14)17(24)22-16-7-8-21-23(16)10-11-5-6-12(19)9-15(11)20/h1-9H,10H2,(H,22,24). The zero-order valence-corrected chi connectivity index (χ0v) is 15.4. The van der Waals surface area contributed by atoms with Crippen molar-refractivity contribution in [3.05, 3.63) is 80.4 Å². The van der Waals surface area contributed by atoms with Gasteiger partial charge in [0.2, 0.25) is 0 Å². The van der Waals surface area contributed by atoms with Crippen LogP contribution in [0.4, 0.5) is 5.82 Å². The van der Waals surface area contributed by atoms with E-state index in [9.17, 15) is 4.79 Å². The van der Waals surface area contributed by atoms with Crippen LogP contribution in [0.15, 0.2) is 59.2 Å². The summed E-state index contributed by atoms with van der Waals surface area (Å²) >= 11 is 15.5. The van der Waals surface area contributed by atoms with Crippen molar-refractivity contribution in [2.45, 2.75) is 6.54 Å². The van der Waals surface area contributed by atoms with Crippen molar-refractivity contribution in [3.8, 4) is 0 Å². The lowest BCUT2D eigenvalue weighted by atomic mass is 10.2. The summed E-state index contributed by atoms with van der Waals surface area (Å²) in [7, 11) is 0.